The number of pyridine rings is 1. The summed E-state index contributed by atoms with van der Waals surface area (Å²) < 4.78 is 0. The van der Waals surface area contributed by atoms with Crippen LogP contribution in [-0.2, 0) is 0 Å². The van der Waals surface area contributed by atoms with Crippen LogP contribution in [0.3, 0.4) is 0 Å². The average Bonchev–Trinajstić information content (AvgIpc) is 2.76. The Labute approximate surface area is 106 Å². The molecule has 0 amide bonds. The monoisotopic (exact) mass is 242 g/mol. The standard InChI is InChI=1S/C15H18N2O/c1-15(8-4-5-9-15)17-13-10-11-6-2-3-7-12(11)14(18)16-13/h2-3,6-7,10H,4-5,8-9H2,1H3,(H2,16,17,18). The molecule has 0 spiro atoms. The minimum atomic E-state index is -0.0165. The fourth-order valence-corrected chi connectivity index (χ4v) is 2.88. The smallest absolute Gasteiger partial charge is 0.257 e. The second-order valence-corrected chi connectivity index (χ2v) is 5.49. The van der Waals surface area contributed by atoms with Gasteiger partial charge in [0, 0.05) is 10.9 Å². The Balaban J connectivity index is 2.00. The van der Waals surface area contributed by atoms with Crippen LogP contribution in [-0.4, -0.2) is 10.5 Å². The third-order valence-corrected chi connectivity index (χ3v) is 3.90. The van der Waals surface area contributed by atoms with Crippen LogP contribution in [0.4, 0.5) is 5.82 Å². The number of nitrogens with one attached hydrogen (secondary N) is 2. The van der Waals surface area contributed by atoms with Gasteiger partial charge in [-0.1, -0.05) is 31.0 Å². The van der Waals surface area contributed by atoms with E-state index in [1.165, 1.54) is 25.7 Å². The van der Waals surface area contributed by atoms with Crippen molar-refractivity contribution in [2.45, 2.75) is 38.1 Å². The molecule has 0 radical (unpaired) electrons. The number of anilines is 1. The molecule has 1 aromatic carbocycles. The van der Waals surface area contributed by atoms with Gasteiger partial charge in [-0.2, -0.15) is 0 Å². The highest BCUT2D eigenvalue weighted by Gasteiger charge is 2.28. The second-order valence-electron chi connectivity index (χ2n) is 5.49. The third kappa shape index (κ3) is 2.01. The lowest BCUT2D eigenvalue weighted by Gasteiger charge is -2.26. The van der Waals surface area contributed by atoms with Crippen LogP contribution < -0.4 is 10.9 Å². The molecule has 1 aliphatic carbocycles. The lowest BCUT2D eigenvalue weighted by molar-refractivity contribution is 0.531. The second kappa shape index (κ2) is 4.16. The molecule has 2 N–H and O–H groups in total. The van der Waals surface area contributed by atoms with Gasteiger partial charge in [0.2, 0.25) is 0 Å². The van der Waals surface area contributed by atoms with Crippen LogP contribution in [0.1, 0.15) is 32.6 Å². The molecule has 2 aromatic rings. The number of H-pyrrole nitrogens is 1. The van der Waals surface area contributed by atoms with Crippen LogP contribution >= 0.6 is 0 Å². The molecule has 1 saturated carbocycles. The van der Waals surface area contributed by atoms with Gasteiger partial charge in [0.15, 0.2) is 0 Å². The van der Waals surface area contributed by atoms with Crippen molar-refractivity contribution in [2.24, 2.45) is 0 Å². The average molecular weight is 242 g/mol. The summed E-state index contributed by atoms with van der Waals surface area (Å²) in [4.78, 5) is 14.9. The summed E-state index contributed by atoms with van der Waals surface area (Å²) in [7, 11) is 0. The molecule has 0 saturated heterocycles. The van der Waals surface area contributed by atoms with Gasteiger partial charge in [0.25, 0.3) is 5.56 Å². The number of rotatable bonds is 2. The molecule has 0 aliphatic heterocycles. The molecule has 18 heavy (non-hydrogen) atoms. The third-order valence-electron chi connectivity index (χ3n) is 3.90. The van der Waals surface area contributed by atoms with Crippen molar-refractivity contribution >= 4 is 16.6 Å². The maximum absolute atomic E-state index is 12.0. The molecule has 0 unspecified atom stereocenters. The first-order chi connectivity index (χ1) is 8.66. The minimum absolute atomic E-state index is 0.0165. The van der Waals surface area contributed by atoms with Crippen molar-refractivity contribution in [3.8, 4) is 0 Å². The number of aromatic nitrogens is 1. The normalized spacial score (nSPS) is 18.1. The Morgan fingerprint density at radius 3 is 2.72 bits per heavy atom. The van der Waals surface area contributed by atoms with Crippen molar-refractivity contribution in [2.75, 3.05) is 5.32 Å². The molecule has 0 atom stereocenters. The molecule has 3 heteroatoms. The van der Waals surface area contributed by atoms with E-state index in [2.05, 4.69) is 17.2 Å². The Morgan fingerprint density at radius 1 is 1.22 bits per heavy atom. The van der Waals surface area contributed by atoms with Gasteiger partial charge in [-0.05, 0) is 37.3 Å². The van der Waals surface area contributed by atoms with Crippen molar-refractivity contribution < 1.29 is 0 Å². The number of benzene rings is 1. The highest BCUT2D eigenvalue weighted by atomic mass is 16.1. The molecular weight excluding hydrogens is 224 g/mol. The van der Waals surface area contributed by atoms with E-state index < -0.39 is 0 Å². The summed E-state index contributed by atoms with van der Waals surface area (Å²) in [6.45, 7) is 2.23. The fraction of sp³-hybridized carbons (Fsp3) is 0.400. The molecular formula is C15H18N2O. The van der Waals surface area contributed by atoms with E-state index in [1.54, 1.807) is 0 Å². The quantitative estimate of drug-likeness (QED) is 0.849. The minimum Gasteiger partial charge on any atom is -0.366 e. The van der Waals surface area contributed by atoms with E-state index in [-0.39, 0.29) is 11.1 Å². The predicted molar refractivity (Wildman–Crippen MR) is 75.1 cm³/mol. The van der Waals surface area contributed by atoms with E-state index >= 15 is 0 Å². The summed E-state index contributed by atoms with van der Waals surface area (Å²) in [5.74, 6) is 0.836. The molecule has 3 rings (SSSR count). The Kier molecular flexibility index (Phi) is 2.62. The number of fused-ring (bicyclic) bond motifs is 1. The van der Waals surface area contributed by atoms with E-state index in [9.17, 15) is 4.79 Å². The van der Waals surface area contributed by atoms with Gasteiger partial charge in [0.05, 0.1) is 0 Å². The SMILES string of the molecule is CC1(Nc2cc3ccccc3c(=O)[nH]2)CCCC1. The first kappa shape index (κ1) is 11.3. The Morgan fingerprint density at radius 2 is 1.94 bits per heavy atom. The summed E-state index contributed by atoms with van der Waals surface area (Å²) in [6.07, 6.45) is 4.87. The van der Waals surface area contributed by atoms with Crippen molar-refractivity contribution in [1.29, 1.82) is 0 Å². The molecule has 1 aromatic heterocycles. The summed E-state index contributed by atoms with van der Waals surface area (Å²) in [5, 5.41) is 5.24. The van der Waals surface area contributed by atoms with Gasteiger partial charge in [-0.25, -0.2) is 0 Å². The molecule has 94 valence electrons. The number of hydrogen-bond acceptors (Lipinski definition) is 2. The molecule has 3 nitrogen and oxygen atoms in total. The zero-order chi connectivity index (χ0) is 12.6. The lowest BCUT2D eigenvalue weighted by atomic mass is 10.0. The number of hydrogen-bond donors (Lipinski definition) is 2. The van der Waals surface area contributed by atoms with Gasteiger partial charge in [-0.3, -0.25) is 4.79 Å². The van der Waals surface area contributed by atoms with E-state index in [4.69, 9.17) is 0 Å². The van der Waals surface area contributed by atoms with Crippen LogP contribution in [0.5, 0.6) is 0 Å². The zero-order valence-corrected chi connectivity index (χ0v) is 10.6. The molecule has 1 aliphatic rings. The highest BCUT2D eigenvalue weighted by molar-refractivity contribution is 5.83. The van der Waals surface area contributed by atoms with Crippen LogP contribution in [0.15, 0.2) is 35.1 Å². The van der Waals surface area contributed by atoms with Gasteiger partial charge < -0.3 is 10.3 Å². The summed E-state index contributed by atoms with van der Waals surface area (Å²) >= 11 is 0. The summed E-state index contributed by atoms with van der Waals surface area (Å²) in [6, 6.07) is 9.72. The van der Waals surface area contributed by atoms with Gasteiger partial charge in [-0.15, -0.1) is 0 Å². The van der Waals surface area contributed by atoms with E-state index in [0.717, 1.165) is 16.6 Å². The molecule has 0 bridgehead atoms. The van der Waals surface area contributed by atoms with E-state index in [1.807, 2.05) is 30.3 Å². The Bertz CT molecular complexity index is 624. The number of aromatic amines is 1. The predicted octanol–water partition coefficient (Wildman–Crippen LogP) is 3.27. The van der Waals surface area contributed by atoms with Crippen LogP contribution in [0.25, 0.3) is 10.8 Å². The zero-order valence-electron chi connectivity index (χ0n) is 10.6. The lowest BCUT2D eigenvalue weighted by Crippen LogP contribution is -2.32. The first-order valence-corrected chi connectivity index (χ1v) is 6.57. The molecule has 1 fully saturated rings. The highest BCUT2D eigenvalue weighted by Crippen LogP contribution is 2.32. The largest absolute Gasteiger partial charge is 0.366 e. The topological polar surface area (TPSA) is 44.9 Å². The van der Waals surface area contributed by atoms with Crippen LogP contribution in [0, 0.1) is 0 Å². The maximum Gasteiger partial charge on any atom is 0.257 e. The summed E-state index contributed by atoms with van der Waals surface area (Å²) in [5.41, 5.74) is 0.114. The van der Waals surface area contributed by atoms with Crippen molar-refractivity contribution in [3.63, 3.8) is 0 Å². The first-order valence-electron chi connectivity index (χ1n) is 6.57. The van der Waals surface area contributed by atoms with E-state index in [0.29, 0.717) is 0 Å². The molecule has 1 heterocycles. The Hall–Kier alpha value is -1.77. The van der Waals surface area contributed by atoms with Crippen LogP contribution in [0.2, 0.25) is 0 Å². The van der Waals surface area contributed by atoms with Crippen molar-refractivity contribution in [1.82, 2.24) is 4.98 Å². The van der Waals surface area contributed by atoms with Gasteiger partial charge >= 0.3 is 0 Å². The van der Waals surface area contributed by atoms with Crippen molar-refractivity contribution in [3.05, 3.63) is 40.7 Å². The van der Waals surface area contributed by atoms with Gasteiger partial charge in [0.1, 0.15) is 5.82 Å². The maximum atomic E-state index is 12.0. The fourth-order valence-electron chi connectivity index (χ4n) is 2.88.